The summed E-state index contributed by atoms with van der Waals surface area (Å²) in [5, 5.41) is 11.6. The minimum atomic E-state index is -1.04. The van der Waals surface area contributed by atoms with E-state index in [9.17, 15) is 9.59 Å². The largest absolute Gasteiger partial charge is 0.480 e. The number of carboxylic acid groups (broad SMARTS) is 1. The first-order chi connectivity index (χ1) is 9.93. The maximum Gasteiger partial charge on any atom is 0.326 e. The number of carbonyl (C=O) groups excluding carboxylic acids is 1. The number of methoxy groups -OCH3 is 1. The molecule has 1 aromatic rings. The zero-order chi connectivity index (χ0) is 15.8. The SMILES string of the molecule is COCCC(NC(=O)CSc1cc(C)ccc1C)C(=O)O. The van der Waals surface area contributed by atoms with Crippen LogP contribution in [0.1, 0.15) is 17.5 Å². The van der Waals surface area contributed by atoms with Gasteiger partial charge in [-0.2, -0.15) is 0 Å². The number of aliphatic carboxylic acids is 1. The highest BCUT2D eigenvalue weighted by Gasteiger charge is 2.19. The van der Waals surface area contributed by atoms with Crippen molar-refractivity contribution in [2.45, 2.75) is 31.2 Å². The number of amides is 1. The lowest BCUT2D eigenvalue weighted by Crippen LogP contribution is -2.42. The molecule has 0 aliphatic carbocycles. The molecule has 116 valence electrons. The van der Waals surface area contributed by atoms with Gasteiger partial charge in [-0.05, 0) is 25.5 Å². The zero-order valence-corrected chi connectivity index (χ0v) is 13.3. The lowest BCUT2D eigenvalue weighted by molar-refractivity contribution is -0.142. The molecule has 1 unspecified atom stereocenters. The fourth-order valence-corrected chi connectivity index (χ4v) is 2.67. The predicted molar refractivity (Wildman–Crippen MR) is 82.7 cm³/mol. The number of thioether (sulfide) groups is 1. The molecule has 0 spiro atoms. The van der Waals surface area contributed by atoms with Gasteiger partial charge in [0.1, 0.15) is 6.04 Å². The zero-order valence-electron chi connectivity index (χ0n) is 12.5. The first kappa shape index (κ1) is 17.5. The van der Waals surface area contributed by atoms with Gasteiger partial charge >= 0.3 is 5.97 Å². The number of benzene rings is 1. The fraction of sp³-hybridized carbons (Fsp3) is 0.467. The van der Waals surface area contributed by atoms with E-state index in [0.29, 0.717) is 6.61 Å². The van der Waals surface area contributed by atoms with E-state index in [-0.39, 0.29) is 18.1 Å². The third-order valence-corrected chi connectivity index (χ3v) is 4.10. The van der Waals surface area contributed by atoms with E-state index in [4.69, 9.17) is 9.84 Å². The maximum atomic E-state index is 11.9. The average Bonchev–Trinajstić information content (AvgIpc) is 2.44. The molecule has 0 saturated carbocycles. The second kappa shape index (κ2) is 8.69. The third kappa shape index (κ3) is 6.18. The normalized spacial score (nSPS) is 12.0. The summed E-state index contributed by atoms with van der Waals surface area (Å²) in [6.45, 7) is 4.27. The molecule has 0 fully saturated rings. The van der Waals surface area contributed by atoms with Crippen molar-refractivity contribution in [1.29, 1.82) is 0 Å². The molecular formula is C15H21NO4S. The molecule has 1 rings (SSSR count). The van der Waals surface area contributed by atoms with Crippen LogP contribution in [0.5, 0.6) is 0 Å². The van der Waals surface area contributed by atoms with Crippen molar-refractivity contribution in [2.75, 3.05) is 19.5 Å². The van der Waals surface area contributed by atoms with Crippen LogP contribution in [0.3, 0.4) is 0 Å². The summed E-state index contributed by atoms with van der Waals surface area (Å²) in [5.74, 6) is -1.14. The van der Waals surface area contributed by atoms with E-state index in [1.54, 1.807) is 0 Å². The molecule has 0 aliphatic heterocycles. The van der Waals surface area contributed by atoms with Crippen molar-refractivity contribution >= 4 is 23.6 Å². The molecule has 21 heavy (non-hydrogen) atoms. The van der Waals surface area contributed by atoms with Gasteiger partial charge in [-0.25, -0.2) is 4.79 Å². The summed E-state index contributed by atoms with van der Waals surface area (Å²) < 4.78 is 4.84. The Kier molecular flexibility index (Phi) is 7.25. The van der Waals surface area contributed by atoms with Crippen molar-refractivity contribution in [1.82, 2.24) is 5.32 Å². The average molecular weight is 311 g/mol. The summed E-state index contributed by atoms with van der Waals surface area (Å²) in [4.78, 5) is 23.9. The molecule has 0 radical (unpaired) electrons. The smallest absolute Gasteiger partial charge is 0.326 e. The summed E-state index contributed by atoms with van der Waals surface area (Å²) in [6.07, 6.45) is 0.256. The van der Waals surface area contributed by atoms with Crippen LogP contribution in [0.4, 0.5) is 0 Å². The number of carbonyl (C=O) groups is 2. The van der Waals surface area contributed by atoms with Gasteiger partial charge < -0.3 is 15.2 Å². The minimum Gasteiger partial charge on any atom is -0.480 e. The Morgan fingerprint density at radius 2 is 2.10 bits per heavy atom. The maximum absolute atomic E-state index is 11.9. The first-order valence-electron chi connectivity index (χ1n) is 6.65. The van der Waals surface area contributed by atoms with Gasteiger partial charge in [-0.1, -0.05) is 17.7 Å². The highest BCUT2D eigenvalue weighted by Crippen LogP contribution is 2.23. The highest BCUT2D eigenvalue weighted by molar-refractivity contribution is 8.00. The van der Waals surface area contributed by atoms with E-state index in [0.717, 1.165) is 16.0 Å². The summed E-state index contributed by atoms with van der Waals surface area (Å²) in [7, 11) is 1.50. The minimum absolute atomic E-state index is 0.195. The van der Waals surface area contributed by atoms with Crippen LogP contribution in [0, 0.1) is 13.8 Å². The fourth-order valence-electron chi connectivity index (χ4n) is 1.74. The van der Waals surface area contributed by atoms with Crippen molar-refractivity contribution in [2.24, 2.45) is 0 Å². The van der Waals surface area contributed by atoms with Gasteiger partial charge in [-0.3, -0.25) is 4.79 Å². The Morgan fingerprint density at radius 1 is 1.38 bits per heavy atom. The standard InChI is InChI=1S/C15H21NO4S/c1-10-4-5-11(2)13(8-10)21-9-14(17)16-12(15(18)19)6-7-20-3/h4-5,8,12H,6-7,9H2,1-3H3,(H,16,17)(H,18,19). The van der Waals surface area contributed by atoms with Gasteiger partial charge in [0.05, 0.1) is 5.75 Å². The third-order valence-electron chi connectivity index (χ3n) is 2.95. The summed E-state index contributed by atoms with van der Waals surface area (Å²) in [5.41, 5.74) is 2.24. The van der Waals surface area contributed by atoms with Gasteiger partial charge in [0.2, 0.25) is 5.91 Å². The number of hydrogen-bond donors (Lipinski definition) is 2. The van der Waals surface area contributed by atoms with Crippen molar-refractivity contribution in [3.8, 4) is 0 Å². The molecule has 2 N–H and O–H groups in total. The Labute approximate surface area is 129 Å². The Hall–Kier alpha value is -1.53. The number of carboxylic acids is 1. The number of rotatable bonds is 8. The van der Waals surface area contributed by atoms with E-state index >= 15 is 0 Å². The van der Waals surface area contributed by atoms with E-state index in [1.807, 2.05) is 32.0 Å². The highest BCUT2D eigenvalue weighted by atomic mass is 32.2. The molecule has 0 saturated heterocycles. The van der Waals surface area contributed by atoms with Crippen LogP contribution < -0.4 is 5.32 Å². The lowest BCUT2D eigenvalue weighted by Gasteiger charge is -2.14. The van der Waals surface area contributed by atoms with Crippen LogP contribution in [0.25, 0.3) is 0 Å². The molecule has 1 amide bonds. The topological polar surface area (TPSA) is 75.6 Å². The van der Waals surface area contributed by atoms with Crippen molar-refractivity contribution < 1.29 is 19.4 Å². The van der Waals surface area contributed by atoms with E-state index < -0.39 is 12.0 Å². The van der Waals surface area contributed by atoms with Gasteiger partial charge in [0.15, 0.2) is 0 Å². The van der Waals surface area contributed by atoms with Crippen LogP contribution >= 0.6 is 11.8 Å². The summed E-state index contributed by atoms with van der Waals surface area (Å²) in [6, 6.07) is 5.14. The molecule has 1 aromatic carbocycles. The Morgan fingerprint density at radius 3 is 2.71 bits per heavy atom. The second-order valence-corrected chi connectivity index (χ2v) is 5.81. The number of aryl methyl sites for hydroxylation is 2. The number of nitrogens with one attached hydrogen (secondary N) is 1. The Balaban J connectivity index is 2.52. The quantitative estimate of drug-likeness (QED) is 0.718. The van der Waals surface area contributed by atoms with Gasteiger partial charge in [0.25, 0.3) is 0 Å². The van der Waals surface area contributed by atoms with Crippen LogP contribution in [0.2, 0.25) is 0 Å². The van der Waals surface area contributed by atoms with Crippen molar-refractivity contribution in [3.63, 3.8) is 0 Å². The van der Waals surface area contributed by atoms with E-state index in [1.165, 1.54) is 18.9 Å². The molecule has 0 aliphatic rings. The molecular weight excluding hydrogens is 290 g/mol. The molecule has 6 heteroatoms. The predicted octanol–water partition coefficient (Wildman–Crippen LogP) is 2.00. The molecule has 1 atom stereocenters. The second-order valence-electron chi connectivity index (χ2n) is 4.80. The van der Waals surface area contributed by atoms with Gasteiger partial charge in [0, 0.05) is 25.0 Å². The monoisotopic (exact) mass is 311 g/mol. The number of ether oxygens (including phenoxy) is 1. The number of hydrogen-bond acceptors (Lipinski definition) is 4. The van der Waals surface area contributed by atoms with Crippen LogP contribution in [0.15, 0.2) is 23.1 Å². The first-order valence-corrected chi connectivity index (χ1v) is 7.63. The lowest BCUT2D eigenvalue weighted by atomic mass is 10.2. The van der Waals surface area contributed by atoms with Crippen LogP contribution in [-0.2, 0) is 14.3 Å². The summed E-state index contributed by atoms with van der Waals surface area (Å²) >= 11 is 1.41. The van der Waals surface area contributed by atoms with Crippen molar-refractivity contribution in [3.05, 3.63) is 29.3 Å². The molecule has 5 nitrogen and oxygen atoms in total. The van der Waals surface area contributed by atoms with E-state index in [2.05, 4.69) is 5.32 Å². The molecule has 0 aromatic heterocycles. The Bertz CT molecular complexity index is 504. The van der Waals surface area contributed by atoms with Crippen LogP contribution in [-0.4, -0.2) is 42.5 Å². The van der Waals surface area contributed by atoms with Gasteiger partial charge in [-0.15, -0.1) is 11.8 Å². The molecule has 0 bridgehead atoms. The molecule has 0 heterocycles.